The Labute approximate surface area is 110 Å². The van der Waals surface area contributed by atoms with Crippen LogP contribution in [0.25, 0.3) is 0 Å². The maximum absolute atomic E-state index is 4.49. The van der Waals surface area contributed by atoms with E-state index in [1.807, 2.05) is 18.2 Å². The van der Waals surface area contributed by atoms with Gasteiger partial charge >= 0.3 is 0 Å². The predicted molar refractivity (Wildman–Crippen MR) is 74.8 cm³/mol. The Morgan fingerprint density at radius 1 is 1.40 bits per heavy atom. The molecule has 0 radical (unpaired) electrons. The zero-order chi connectivity index (χ0) is 10.8. The van der Waals surface area contributed by atoms with E-state index in [4.69, 9.17) is 0 Å². The van der Waals surface area contributed by atoms with E-state index in [9.17, 15) is 0 Å². The van der Waals surface area contributed by atoms with E-state index in [1.54, 1.807) is 11.8 Å². The van der Waals surface area contributed by atoms with Gasteiger partial charge in [-0.3, -0.25) is 4.99 Å². The third-order valence-corrected chi connectivity index (χ3v) is 4.45. The van der Waals surface area contributed by atoms with Crippen LogP contribution in [0.1, 0.15) is 6.92 Å². The Kier molecular flexibility index (Phi) is 3.74. The molecule has 0 aliphatic carbocycles. The van der Waals surface area contributed by atoms with Gasteiger partial charge in [0.15, 0.2) is 5.17 Å². The zero-order valence-electron chi connectivity index (χ0n) is 8.13. The molecule has 0 spiro atoms. The van der Waals surface area contributed by atoms with Crippen molar-refractivity contribution >= 4 is 54.5 Å². The highest BCUT2D eigenvalue weighted by Crippen LogP contribution is 2.32. The maximum atomic E-state index is 4.49. The number of halogens is 2. The lowest BCUT2D eigenvalue weighted by atomic mass is 10.3. The van der Waals surface area contributed by atoms with Crippen LogP contribution in [0.4, 0.5) is 5.69 Å². The SMILES string of the molecule is CC1CSC(Nc2c(Br)cccc2Br)=N1. The monoisotopic (exact) mass is 348 g/mol. The molecule has 0 saturated heterocycles. The Balaban J connectivity index is 2.21. The molecule has 0 fully saturated rings. The van der Waals surface area contributed by atoms with Gasteiger partial charge in [-0.2, -0.15) is 0 Å². The van der Waals surface area contributed by atoms with Crippen molar-refractivity contribution in [2.45, 2.75) is 13.0 Å². The molecule has 2 nitrogen and oxygen atoms in total. The van der Waals surface area contributed by atoms with Crippen LogP contribution in [0.2, 0.25) is 0 Å². The van der Waals surface area contributed by atoms with Gasteiger partial charge in [0.05, 0.1) is 11.7 Å². The molecule has 0 saturated carbocycles. The lowest BCUT2D eigenvalue weighted by Gasteiger charge is -2.09. The van der Waals surface area contributed by atoms with E-state index in [1.165, 1.54) is 0 Å². The molecule has 1 aliphatic rings. The fourth-order valence-corrected chi connectivity index (χ4v) is 3.37. The van der Waals surface area contributed by atoms with E-state index in [0.29, 0.717) is 6.04 Å². The molecule has 2 rings (SSSR count). The number of benzene rings is 1. The molecular formula is C10H10Br2N2S. The molecule has 1 aliphatic heterocycles. The van der Waals surface area contributed by atoms with Gasteiger partial charge in [0, 0.05) is 14.7 Å². The molecule has 1 N–H and O–H groups in total. The summed E-state index contributed by atoms with van der Waals surface area (Å²) in [5, 5.41) is 4.32. The van der Waals surface area contributed by atoms with Crippen LogP contribution >= 0.6 is 43.6 Å². The van der Waals surface area contributed by atoms with E-state index in [2.05, 4.69) is 49.1 Å². The van der Waals surface area contributed by atoms with Crippen molar-refractivity contribution in [3.05, 3.63) is 27.1 Å². The first kappa shape index (κ1) is 11.5. The molecule has 1 aromatic carbocycles. The fraction of sp³-hybridized carbons (Fsp3) is 0.300. The third-order valence-electron chi connectivity index (χ3n) is 1.99. The Morgan fingerprint density at radius 2 is 2.07 bits per heavy atom. The van der Waals surface area contributed by atoms with Crippen molar-refractivity contribution in [1.82, 2.24) is 0 Å². The van der Waals surface area contributed by atoms with Gasteiger partial charge in [-0.25, -0.2) is 0 Å². The van der Waals surface area contributed by atoms with Crippen molar-refractivity contribution in [3.8, 4) is 0 Å². The first-order valence-electron chi connectivity index (χ1n) is 4.58. The predicted octanol–water partition coefficient (Wildman–Crippen LogP) is 4.11. The van der Waals surface area contributed by atoms with Crippen LogP contribution in [0.3, 0.4) is 0 Å². The number of amidine groups is 1. The number of nitrogens with zero attached hydrogens (tertiary/aromatic N) is 1. The molecule has 0 amide bonds. The van der Waals surface area contributed by atoms with Crippen molar-refractivity contribution in [3.63, 3.8) is 0 Å². The second-order valence-electron chi connectivity index (χ2n) is 3.32. The van der Waals surface area contributed by atoms with Gasteiger partial charge < -0.3 is 5.32 Å². The number of thioether (sulfide) groups is 1. The van der Waals surface area contributed by atoms with E-state index >= 15 is 0 Å². The van der Waals surface area contributed by atoms with Crippen LogP contribution in [-0.2, 0) is 0 Å². The summed E-state index contributed by atoms with van der Waals surface area (Å²) in [4.78, 5) is 4.49. The highest BCUT2D eigenvalue weighted by molar-refractivity contribution is 9.11. The molecule has 15 heavy (non-hydrogen) atoms. The largest absolute Gasteiger partial charge is 0.333 e. The van der Waals surface area contributed by atoms with Gasteiger partial charge in [-0.05, 0) is 50.9 Å². The van der Waals surface area contributed by atoms with E-state index in [0.717, 1.165) is 25.6 Å². The lowest BCUT2D eigenvalue weighted by Crippen LogP contribution is -2.06. The highest BCUT2D eigenvalue weighted by atomic mass is 79.9. The summed E-state index contributed by atoms with van der Waals surface area (Å²) >= 11 is 8.79. The quantitative estimate of drug-likeness (QED) is 0.824. The van der Waals surface area contributed by atoms with Gasteiger partial charge in [-0.1, -0.05) is 17.8 Å². The first-order chi connectivity index (χ1) is 7.16. The first-order valence-corrected chi connectivity index (χ1v) is 7.15. The molecule has 0 bridgehead atoms. The van der Waals surface area contributed by atoms with Gasteiger partial charge in [0.1, 0.15) is 0 Å². The number of rotatable bonds is 1. The normalized spacial score (nSPS) is 20.2. The van der Waals surface area contributed by atoms with Crippen molar-refractivity contribution in [2.24, 2.45) is 4.99 Å². The number of para-hydroxylation sites is 1. The molecule has 1 aromatic rings. The average molecular weight is 350 g/mol. The van der Waals surface area contributed by atoms with Crippen molar-refractivity contribution in [1.29, 1.82) is 0 Å². The van der Waals surface area contributed by atoms with Gasteiger partial charge in [-0.15, -0.1) is 0 Å². The Bertz CT molecular complexity index is 386. The second-order valence-corrected chi connectivity index (χ2v) is 6.03. The fourth-order valence-electron chi connectivity index (χ4n) is 1.27. The highest BCUT2D eigenvalue weighted by Gasteiger charge is 2.15. The number of nitrogens with one attached hydrogen (secondary N) is 1. The van der Waals surface area contributed by atoms with Crippen LogP contribution in [0, 0.1) is 0 Å². The summed E-state index contributed by atoms with van der Waals surface area (Å²) in [5.74, 6) is 1.06. The minimum atomic E-state index is 0.416. The topological polar surface area (TPSA) is 24.4 Å². The molecule has 1 unspecified atom stereocenters. The smallest absolute Gasteiger partial charge is 0.161 e. The Morgan fingerprint density at radius 3 is 2.60 bits per heavy atom. The zero-order valence-corrected chi connectivity index (χ0v) is 12.1. The van der Waals surface area contributed by atoms with Gasteiger partial charge in [0.25, 0.3) is 0 Å². The summed E-state index contributed by atoms with van der Waals surface area (Å²) in [6.45, 7) is 2.12. The third kappa shape index (κ3) is 2.77. The number of aliphatic imine (C=N–C) groups is 1. The summed E-state index contributed by atoms with van der Waals surface area (Å²) in [6, 6.07) is 6.43. The molecule has 0 aromatic heterocycles. The van der Waals surface area contributed by atoms with Crippen LogP contribution < -0.4 is 5.32 Å². The summed E-state index contributed by atoms with van der Waals surface area (Å²) in [5.41, 5.74) is 1.04. The van der Waals surface area contributed by atoms with Crippen LogP contribution in [-0.4, -0.2) is 17.0 Å². The number of hydrogen-bond acceptors (Lipinski definition) is 3. The average Bonchev–Trinajstić information content (AvgIpc) is 2.58. The molecule has 1 atom stereocenters. The lowest BCUT2D eigenvalue weighted by molar-refractivity contribution is 0.865. The van der Waals surface area contributed by atoms with E-state index in [-0.39, 0.29) is 0 Å². The van der Waals surface area contributed by atoms with Crippen LogP contribution in [0.15, 0.2) is 32.1 Å². The number of anilines is 1. The minimum absolute atomic E-state index is 0.416. The van der Waals surface area contributed by atoms with E-state index < -0.39 is 0 Å². The van der Waals surface area contributed by atoms with Crippen LogP contribution in [0.5, 0.6) is 0 Å². The molecular weight excluding hydrogens is 340 g/mol. The van der Waals surface area contributed by atoms with Gasteiger partial charge in [0.2, 0.25) is 0 Å². The summed E-state index contributed by atoms with van der Waals surface area (Å²) < 4.78 is 2.08. The van der Waals surface area contributed by atoms with Crippen molar-refractivity contribution < 1.29 is 0 Å². The molecule has 1 heterocycles. The Hall–Kier alpha value is -0.000000000000000111. The summed E-state index contributed by atoms with van der Waals surface area (Å²) in [7, 11) is 0. The number of hydrogen-bond donors (Lipinski definition) is 1. The van der Waals surface area contributed by atoms with Crippen molar-refractivity contribution in [2.75, 3.05) is 11.1 Å². The minimum Gasteiger partial charge on any atom is -0.333 e. The molecule has 5 heteroatoms. The second kappa shape index (κ2) is 4.89. The standard InChI is InChI=1S/C10H10Br2N2S/c1-6-5-15-10(13-6)14-9-7(11)3-2-4-8(9)12/h2-4,6H,5H2,1H3,(H,13,14). The molecule has 80 valence electrons. The maximum Gasteiger partial charge on any atom is 0.161 e. The summed E-state index contributed by atoms with van der Waals surface area (Å²) in [6.07, 6.45) is 0.